The van der Waals surface area contributed by atoms with E-state index >= 15 is 0 Å². The average Bonchev–Trinajstić information content (AvgIpc) is 2.70. The molecule has 0 aliphatic carbocycles. The number of hydrogen-bond acceptors (Lipinski definition) is 3. The number of hydrogen-bond donors (Lipinski definition) is 0. The van der Waals surface area contributed by atoms with Gasteiger partial charge in [0.15, 0.2) is 17.1 Å². The molecule has 2 rings (SSSR count). The van der Waals surface area contributed by atoms with Crippen molar-refractivity contribution in [3.8, 4) is 0 Å². The van der Waals surface area contributed by atoms with Crippen molar-refractivity contribution in [1.29, 1.82) is 0 Å². The third-order valence-electron chi connectivity index (χ3n) is 1.82. The van der Waals surface area contributed by atoms with Gasteiger partial charge in [0, 0.05) is 6.07 Å². The molecule has 1 aromatic carbocycles. The molecule has 16 heavy (non-hydrogen) atoms. The molecule has 1 aromatic heterocycles. The summed E-state index contributed by atoms with van der Waals surface area (Å²) in [5, 5.41) is 0.382. The van der Waals surface area contributed by atoms with Gasteiger partial charge in [0.05, 0.1) is 4.90 Å². The summed E-state index contributed by atoms with van der Waals surface area (Å²) in [5.74, 6) is -1.12. The molecule has 1 heterocycles. The van der Waals surface area contributed by atoms with Crippen molar-refractivity contribution in [2.45, 2.75) is 9.99 Å². The average molecular weight is 240 g/mol. The van der Waals surface area contributed by atoms with Crippen LogP contribution in [-0.2, 0) is 0 Å². The zero-order valence-electron chi connectivity index (χ0n) is 7.94. The number of carbonyl (C=O) groups excluding carboxylic acids is 1. The van der Waals surface area contributed by atoms with Gasteiger partial charge in [0.25, 0.3) is 0 Å². The number of rotatable bonds is 3. The van der Waals surface area contributed by atoms with Crippen molar-refractivity contribution >= 4 is 18.0 Å². The Morgan fingerprint density at radius 1 is 1.19 bits per heavy atom. The number of benzene rings is 1. The van der Waals surface area contributed by atoms with E-state index in [0.29, 0.717) is 11.4 Å². The molecule has 0 saturated carbocycles. The minimum absolute atomic E-state index is 0.171. The van der Waals surface area contributed by atoms with Crippen molar-refractivity contribution in [3.63, 3.8) is 0 Å². The van der Waals surface area contributed by atoms with E-state index in [-0.39, 0.29) is 10.7 Å². The minimum Gasteiger partial charge on any atom is -0.447 e. The molecule has 0 radical (unpaired) electrons. The number of carbonyl (C=O) groups is 1. The van der Waals surface area contributed by atoms with E-state index in [9.17, 15) is 13.6 Å². The summed E-state index contributed by atoms with van der Waals surface area (Å²) in [5.41, 5.74) is 0. The second kappa shape index (κ2) is 4.49. The highest BCUT2D eigenvalue weighted by Crippen LogP contribution is 2.31. The van der Waals surface area contributed by atoms with Crippen LogP contribution in [-0.4, -0.2) is 6.29 Å². The molecule has 2 aromatic rings. The van der Waals surface area contributed by atoms with Crippen LogP contribution < -0.4 is 0 Å². The monoisotopic (exact) mass is 240 g/mol. The van der Waals surface area contributed by atoms with Crippen molar-refractivity contribution < 1.29 is 18.0 Å². The zero-order valence-corrected chi connectivity index (χ0v) is 8.76. The van der Waals surface area contributed by atoms with E-state index in [1.165, 1.54) is 12.1 Å². The van der Waals surface area contributed by atoms with Crippen molar-refractivity contribution in [1.82, 2.24) is 0 Å². The molecule has 0 aliphatic heterocycles. The standard InChI is InChI=1S/C11H6F2O2S/c12-7-1-3-10(9(13)5-7)16-11-4-2-8(6-14)15-11/h1-6H. The Hall–Kier alpha value is -1.62. The lowest BCUT2D eigenvalue weighted by molar-refractivity contribution is 0.109. The summed E-state index contributed by atoms with van der Waals surface area (Å²) in [6, 6.07) is 6.31. The molecule has 0 amide bonds. The smallest absolute Gasteiger partial charge is 0.185 e. The highest BCUT2D eigenvalue weighted by molar-refractivity contribution is 7.99. The third-order valence-corrected chi connectivity index (χ3v) is 2.79. The molecule has 2 nitrogen and oxygen atoms in total. The number of furan rings is 1. The molecule has 0 bridgehead atoms. The Kier molecular flexibility index (Phi) is 3.05. The van der Waals surface area contributed by atoms with Crippen molar-refractivity contribution in [2.24, 2.45) is 0 Å². The van der Waals surface area contributed by atoms with E-state index in [1.807, 2.05) is 0 Å². The zero-order chi connectivity index (χ0) is 11.5. The quantitative estimate of drug-likeness (QED) is 0.769. The highest BCUT2D eigenvalue weighted by Gasteiger charge is 2.08. The first kappa shape index (κ1) is 10.9. The molecule has 0 atom stereocenters. The fourth-order valence-electron chi connectivity index (χ4n) is 1.12. The summed E-state index contributed by atoms with van der Waals surface area (Å²) in [6.45, 7) is 0. The molecule has 0 fully saturated rings. The predicted octanol–water partition coefficient (Wildman–Crippen LogP) is 3.52. The van der Waals surface area contributed by atoms with E-state index in [2.05, 4.69) is 0 Å². The maximum absolute atomic E-state index is 13.3. The van der Waals surface area contributed by atoms with E-state index in [1.54, 1.807) is 6.07 Å². The first-order chi connectivity index (χ1) is 7.69. The first-order valence-electron chi connectivity index (χ1n) is 4.37. The Labute approximate surface area is 94.3 Å². The fraction of sp³-hybridized carbons (Fsp3) is 0. The van der Waals surface area contributed by atoms with Gasteiger partial charge in [-0.3, -0.25) is 4.79 Å². The van der Waals surface area contributed by atoms with E-state index in [0.717, 1.165) is 23.9 Å². The van der Waals surface area contributed by atoms with Gasteiger partial charge < -0.3 is 4.42 Å². The Morgan fingerprint density at radius 3 is 2.62 bits per heavy atom. The predicted molar refractivity (Wildman–Crippen MR) is 54.6 cm³/mol. The number of aldehydes is 1. The molecule has 82 valence electrons. The lowest BCUT2D eigenvalue weighted by Crippen LogP contribution is -1.82. The minimum atomic E-state index is -0.658. The van der Waals surface area contributed by atoms with Gasteiger partial charge in [0.2, 0.25) is 0 Å². The topological polar surface area (TPSA) is 30.2 Å². The number of halogens is 2. The maximum Gasteiger partial charge on any atom is 0.185 e. The summed E-state index contributed by atoms with van der Waals surface area (Å²) < 4.78 is 30.9. The van der Waals surface area contributed by atoms with Crippen LogP contribution in [0.4, 0.5) is 8.78 Å². The largest absolute Gasteiger partial charge is 0.447 e. The van der Waals surface area contributed by atoms with Crippen LogP contribution >= 0.6 is 11.8 Å². The first-order valence-corrected chi connectivity index (χ1v) is 5.18. The van der Waals surface area contributed by atoms with Crippen LogP contribution in [0.5, 0.6) is 0 Å². The van der Waals surface area contributed by atoms with Gasteiger partial charge in [-0.2, -0.15) is 0 Å². The van der Waals surface area contributed by atoms with Crippen LogP contribution in [0.1, 0.15) is 10.6 Å². The molecule has 5 heteroatoms. The third kappa shape index (κ3) is 2.30. The van der Waals surface area contributed by atoms with Crippen molar-refractivity contribution in [3.05, 3.63) is 47.7 Å². The van der Waals surface area contributed by atoms with Gasteiger partial charge in [-0.1, -0.05) is 0 Å². The van der Waals surface area contributed by atoms with Crippen LogP contribution in [0, 0.1) is 11.6 Å². The summed E-state index contributed by atoms with van der Waals surface area (Å²) in [7, 11) is 0. The van der Waals surface area contributed by atoms with Gasteiger partial charge in [-0.05, 0) is 36.0 Å². The Morgan fingerprint density at radius 2 is 2.00 bits per heavy atom. The van der Waals surface area contributed by atoms with Crippen LogP contribution in [0.2, 0.25) is 0 Å². The highest BCUT2D eigenvalue weighted by atomic mass is 32.2. The molecule has 0 spiro atoms. The molecular formula is C11H6F2O2S. The SMILES string of the molecule is O=Cc1ccc(Sc2ccc(F)cc2F)o1. The van der Waals surface area contributed by atoms with Crippen molar-refractivity contribution in [2.75, 3.05) is 0 Å². The second-order valence-corrected chi connectivity index (χ2v) is 4.00. The normalized spacial score (nSPS) is 10.4. The Balaban J connectivity index is 2.23. The fourth-order valence-corrected chi connectivity index (χ4v) is 1.90. The second-order valence-electron chi connectivity index (χ2n) is 2.95. The molecule has 0 N–H and O–H groups in total. The van der Waals surface area contributed by atoms with E-state index in [4.69, 9.17) is 4.42 Å². The van der Waals surface area contributed by atoms with Gasteiger partial charge in [0.1, 0.15) is 11.6 Å². The van der Waals surface area contributed by atoms with Gasteiger partial charge in [-0.15, -0.1) is 0 Å². The molecule has 0 unspecified atom stereocenters. The molecular weight excluding hydrogens is 234 g/mol. The van der Waals surface area contributed by atoms with Crippen LogP contribution in [0.15, 0.2) is 44.7 Å². The molecule has 0 saturated heterocycles. The maximum atomic E-state index is 13.3. The van der Waals surface area contributed by atoms with Crippen LogP contribution in [0.25, 0.3) is 0 Å². The van der Waals surface area contributed by atoms with E-state index < -0.39 is 11.6 Å². The summed E-state index contributed by atoms with van der Waals surface area (Å²) in [6.07, 6.45) is 0.561. The Bertz CT molecular complexity index is 522. The molecule has 0 aliphatic rings. The summed E-state index contributed by atoms with van der Waals surface area (Å²) >= 11 is 0.992. The lowest BCUT2D eigenvalue weighted by atomic mass is 10.3. The summed E-state index contributed by atoms with van der Waals surface area (Å²) in [4.78, 5) is 10.6. The van der Waals surface area contributed by atoms with Gasteiger partial charge >= 0.3 is 0 Å². The van der Waals surface area contributed by atoms with Crippen LogP contribution in [0.3, 0.4) is 0 Å². The van der Waals surface area contributed by atoms with Gasteiger partial charge in [-0.25, -0.2) is 8.78 Å². The lowest BCUT2D eigenvalue weighted by Gasteiger charge is -1.99.